The van der Waals surface area contributed by atoms with E-state index in [1.54, 1.807) is 5.56 Å². The Kier molecular flexibility index (Phi) is 8.52. The molecule has 2 aromatic carbocycles. The van der Waals surface area contributed by atoms with E-state index < -0.39 is 0 Å². The van der Waals surface area contributed by atoms with Crippen molar-refractivity contribution < 1.29 is 0 Å². The number of hydrogen-bond donors (Lipinski definition) is 1. The quantitative estimate of drug-likeness (QED) is 0.258. The van der Waals surface area contributed by atoms with Gasteiger partial charge in [0.2, 0.25) is 0 Å². The Bertz CT molecular complexity index is 701. The number of unbranched alkanes of at least 4 members (excludes halogenated alkanes) is 1. The molecule has 27 heavy (non-hydrogen) atoms. The van der Waals surface area contributed by atoms with Crippen LogP contribution in [0.15, 0.2) is 53.4 Å². The molecule has 0 bridgehead atoms. The molecule has 1 aliphatic rings. The summed E-state index contributed by atoms with van der Waals surface area (Å²) in [6.07, 6.45) is 10.8. The van der Waals surface area contributed by atoms with E-state index in [2.05, 4.69) is 63.0 Å². The number of thioether (sulfide) groups is 1. The van der Waals surface area contributed by atoms with Gasteiger partial charge in [0.15, 0.2) is 0 Å². The lowest BCUT2D eigenvalue weighted by molar-refractivity contribution is 0.268. The summed E-state index contributed by atoms with van der Waals surface area (Å²) in [5.74, 6) is 1.14. The molecule has 0 aliphatic heterocycles. The third-order valence-corrected chi connectivity index (χ3v) is 7.60. The second kappa shape index (κ2) is 10.9. The van der Waals surface area contributed by atoms with Crippen LogP contribution in [-0.4, -0.2) is 5.75 Å². The first-order valence-electron chi connectivity index (χ1n) is 10.1. The van der Waals surface area contributed by atoms with Gasteiger partial charge < -0.3 is 0 Å². The van der Waals surface area contributed by atoms with E-state index in [1.807, 2.05) is 11.8 Å². The van der Waals surface area contributed by atoms with Gasteiger partial charge in [0, 0.05) is 11.4 Å². The van der Waals surface area contributed by atoms with E-state index in [0.29, 0.717) is 5.41 Å². The first kappa shape index (κ1) is 21.2. The van der Waals surface area contributed by atoms with Crippen molar-refractivity contribution in [1.82, 2.24) is 5.09 Å². The van der Waals surface area contributed by atoms with Crippen molar-refractivity contribution in [3.05, 3.63) is 64.7 Å². The molecule has 0 amide bonds. The largest absolute Gasteiger partial charge is 0.296 e. The van der Waals surface area contributed by atoms with Gasteiger partial charge in [0.05, 0.1) is 5.02 Å². The monoisotopic (exact) mass is 419 g/mol. The molecule has 0 spiro atoms. The Balaban J connectivity index is 1.50. The van der Waals surface area contributed by atoms with Crippen LogP contribution in [0, 0.1) is 0 Å². The van der Waals surface area contributed by atoms with E-state index >= 15 is 0 Å². The lowest BCUT2D eigenvalue weighted by atomic mass is 9.67. The minimum atomic E-state index is 0.425. The lowest BCUT2D eigenvalue weighted by Gasteiger charge is -2.38. The summed E-state index contributed by atoms with van der Waals surface area (Å²) in [6, 6.07) is 17.7. The van der Waals surface area contributed by atoms with Crippen LogP contribution in [0.5, 0.6) is 0 Å². The van der Waals surface area contributed by atoms with Crippen molar-refractivity contribution in [2.75, 3.05) is 5.75 Å². The van der Waals surface area contributed by atoms with Gasteiger partial charge >= 0.3 is 0 Å². The maximum atomic E-state index is 6.45. The van der Waals surface area contributed by atoms with Crippen molar-refractivity contribution in [2.45, 2.75) is 68.2 Å². The van der Waals surface area contributed by atoms with Gasteiger partial charge in [-0.25, -0.2) is 0 Å². The molecular weight excluding hydrogens is 389 g/mol. The number of rotatable bonds is 9. The molecule has 1 saturated carbocycles. The first-order valence-corrected chi connectivity index (χ1v) is 12.1. The number of nitrogens with one attached hydrogen (secondary N) is 1. The average molecular weight is 420 g/mol. The van der Waals surface area contributed by atoms with Gasteiger partial charge in [-0.15, -0.1) is 11.8 Å². The third kappa shape index (κ3) is 5.97. The Morgan fingerprint density at radius 1 is 1.00 bits per heavy atom. The Hall–Kier alpha value is -0.530. The lowest BCUT2D eigenvalue weighted by Crippen LogP contribution is -2.29. The molecule has 1 nitrogen and oxygen atoms in total. The molecule has 1 N–H and O–H groups in total. The van der Waals surface area contributed by atoms with Gasteiger partial charge in [-0.3, -0.25) is 5.09 Å². The highest BCUT2D eigenvalue weighted by Gasteiger charge is 2.32. The molecule has 1 aliphatic carbocycles. The zero-order chi connectivity index (χ0) is 19.0. The minimum Gasteiger partial charge on any atom is -0.296 e. The number of benzene rings is 2. The van der Waals surface area contributed by atoms with Crippen LogP contribution >= 0.6 is 32.8 Å². The standard InChI is InChI=1S/C23H31ClNPS/c24-21-17-19(18-25-26)11-12-22(21)27-16-8-7-15-23(13-5-2-6-14-23)20-9-3-1-4-10-20/h1,3-4,9-12,17,25H,2,5-8,13-16,18,26H2. The third-order valence-electron chi connectivity index (χ3n) is 5.81. The second-order valence-electron chi connectivity index (χ2n) is 7.66. The normalized spacial score (nSPS) is 16.4. The fraction of sp³-hybridized carbons (Fsp3) is 0.478. The van der Waals surface area contributed by atoms with Crippen LogP contribution in [0.1, 0.15) is 62.5 Å². The summed E-state index contributed by atoms with van der Waals surface area (Å²) in [5, 5.41) is 3.97. The maximum absolute atomic E-state index is 6.45. The molecule has 3 rings (SSSR count). The van der Waals surface area contributed by atoms with Gasteiger partial charge in [-0.1, -0.05) is 83.1 Å². The molecule has 2 aromatic rings. The summed E-state index contributed by atoms with van der Waals surface area (Å²) in [5.41, 5.74) is 3.22. The van der Waals surface area contributed by atoms with Crippen molar-refractivity contribution in [3.63, 3.8) is 0 Å². The van der Waals surface area contributed by atoms with Gasteiger partial charge in [0.25, 0.3) is 0 Å². The molecule has 0 heterocycles. The van der Waals surface area contributed by atoms with Crippen molar-refractivity contribution in [2.24, 2.45) is 0 Å². The van der Waals surface area contributed by atoms with Crippen LogP contribution < -0.4 is 5.09 Å². The smallest absolute Gasteiger partial charge is 0.0545 e. The molecule has 0 saturated heterocycles. The molecular formula is C23H31ClNPS. The van der Waals surface area contributed by atoms with E-state index in [4.69, 9.17) is 11.6 Å². The fourth-order valence-corrected chi connectivity index (χ4v) is 5.87. The zero-order valence-electron chi connectivity index (χ0n) is 16.1. The Morgan fingerprint density at radius 3 is 2.48 bits per heavy atom. The molecule has 1 fully saturated rings. The Labute approximate surface area is 176 Å². The number of halogens is 1. The summed E-state index contributed by atoms with van der Waals surface area (Å²) in [7, 11) is 2.53. The van der Waals surface area contributed by atoms with Crippen LogP contribution in [0.25, 0.3) is 0 Å². The van der Waals surface area contributed by atoms with Crippen LogP contribution in [-0.2, 0) is 12.0 Å². The number of hydrogen-bond acceptors (Lipinski definition) is 2. The van der Waals surface area contributed by atoms with Gasteiger partial charge in [0.1, 0.15) is 0 Å². The highest BCUT2D eigenvalue weighted by atomic mass is 35.5. The average Bonchev–Trinajstić information content (AvgIpc) is 2.71. The summed E-state index contributed by atoms with van der Waals surface area (Å²) < 4.78 is 0. The fourth-order valence-electron chi connectivity index (χ4n) is 4.34. The SMILES string of the molecule is PNCc1ccc(SCCCCC2(c3ccccc3)CCCCC2)c(Cl)c1. The highest BCUT2D eigenvalue weighted by molar-refractivity contribution is 7.99. The van der Waals surface area contributed by atoms with Crippen LogP contribution in [0.3, 0.4) is 0 Å². The second-order valence-corrected chi connectivity index (χ2v) is 9.61. The Morgan fingerprint density at radius 2 is 1.78 bits per heavy atom. The van der Waals surface area contributed by atoms with E-state index in [1.165, 1.54) is 61.8 Å². The first-order chi connectivity index (χ1) is 13.2. The summed E-state index contributed by atoms with van der Waals surface area (Å²) in [4.78, 5) is 1.21. The topological polar surface area (TPSA) is 12.0 Å². The van der Waals surface area contributed by atoms with Crippen molar-refractivity contribution in [3.8, 4) is 0 Å². The highest BCUT2D eigenvalue weighted by Crippen LogP contribution is 2.43. The molecule has 0 aromatic heterocycles. The molecule has 1 unspecified atom stereocenters. The molecule has 0 radical (unpaired) electrons. The van der Waals surface area contributed by atoms with E-state index in [0.717, 1.165) is 17.3 Å². The predicted molar refractivity (Wildman–Crippen MR) is 124 cm³/mol. The predicted octanol–water partition coefficient (Wildman–Crippen LogP) is 7.38. The molecule has 1 atom stereocenters. The maximum Gasteiger partial charge on any atom is 0.0545 e. The molecule has 146 valence electrons. The minimum absolute atomic E-state index is 0.425. The van der Waals surface area contributed by atoms with E-state index in [-0.39, 0.29) is 0 Å². The van der Waals surface area contributed by atoms with Gasteiger partial charge in [-0.05, 0) is 60.1 Å². The summed E-state index contributed by atoms with van der Waals surface area (Å²) in [6.45, 7) is 0.830. The van der Waals surface area contributed by atoms with Crippen LogP contribution in [0.4, 0.5) is 0 Å². The molecule has 4 heteroatoms. The summed E-state index contributed by atoms with van der Waals surface area (Å²) >= 11 is 8.34. The van der Waals surface area contributed by atoms with Gasteiger partial charge in [-0.2, -0.15) is 0 Å². The van der Waals surface area contributed by atoms with Crippen molar-refractivity contribution in [1.29, 1.82) is 0 Å². The zero-order valence-corrected chi connectivity index (χ0v) is 18.8. The van der Waals surface area contributed by atoms with Crippen molar-refractivity contribution >= 4 is 32.8 Å². The van der Waals surface area contributed by atoms with E-state index in [9.17, 15) is 0 Å². The van der Waals surface area contributed by atoms with Crippen LogP contribution in [0.2, 0.25) is 5.02 Å².